The number of hydrogen-bond donors (Lipinski definition) is 3. The molecule has 3 rings (SSSR count). The molecule has 0 aromatic heterocycles. The third-order valence-electron chi connectivity index (χ3n) is 5.20. The van der Waals surface area contributed by atoms with Crippen LogP contribution in [0.2, 0.25) is 0 Å². The van der Waals surface area contributed by atoms with E-state index in [1.807, 2.05) is 12.1 Å². The van der Waals surface area contributed by atoms with Crippen LogP contribution in [0.25, 0.3) is 0 Å². The molecule has 0 aliphatic heterocycles. The highest BCUT2D eigenvalue weighted by molar-refractivity contribution is 5.97. The minimum Gasteiger partial charge on any atom is -0.349 e. The minimum atomic E-state index is -0.199. The summed E-state index contributed by atoms with van der Waals surface area (Å²) in [5.41, 5.74) is 1.25. The van der Waals surface area contributed by atoms with E-state index in [0.717, 1.165) is 19.3 Å². The number of anilines is 1. The summed E-state index contributed by atoms with van der Waals surface area (Å²) in [7, 11) is 0. The number of nitrogens with one attached hydrogen (secondary N) is 3. The standard InChI is InChI=1S/C20H29N3O2/c1-2-3-6-14-7-5-10-18(14)23-19(24)15-8-4-9-17(13-15)22-20(25)21-16-11-12-16/h4,8-9,13-14,16,18H,2-3,5-7,10-12H2,1H3,(H,23,24)(H2,21,22,25). The van der Waals surface area contributed by atoms with Crippen molar-refractivity contribution in [3.63, 3.8) is 0 Å². The first kappa shape index (κ1) is 17.8. The van der Waals surface area contributed by atoms with Gasteiger partial charge in [-0.05, 0) is 56.2 Å². The van der Waals surface area contributed by atoms with E-state index in [1.165, 1.54) is 32.1 Å². The molecule has 1 aromatic carbocycles. The van der Waals surface area contributed by atoms with Gasteiger partial charge in [0.25, 0.3) is 5.91 Å². The van der Waals surface area contributed by atoms with Crippen LogP contribution in [0.15, 0.2) is 24.3 Å². The van der Waals surface area contributed by atoms with Gasteiger partial charge < -0.3 is 16.0 Å². The average molecular weight is 343 g/mol. The number of carbonyl (C=O) groups excluding carboxylic acids is 2. The van der Waals surface area contributed by atoms with Crippen LogP contribution in [-0.4, -0.2) is 24.0 Å². The Balaban J connectivity index is 1.56. The molecule has 5 heteroatoms. The summed E-state index contributed by atoms with van der Waals surface area (Å²) >= 11 is 0. The van der Waals surface area contributed by atoms with Gasteiger partial charge >= 0.3 is 6.03 Å². The van der Waals surface area contributed by atoms with Crippen LogP contribution in [0.4, 0.5) is 10.5 Å². The van der Waals surface area contributed by atoms with Crippen molar-refractivity contribution in [3.05, 3.63) is 29.8 Å². The molecule has 0 heterocycles. The van der Waals surface area contributed by atoms with Crippen LogP contribution in [0.1, 0.15) is 68.6 Å². The number of hydrogen-bond acceptors (Lipinski definition) is 2. The van der Waals surface area contributed by atoms with Gasteiger partial charge in [0.2, 0.25) is 0 Å². The Morgan fingerprint density at radius 2 is 1.96 bits per heavy atom. The molecular weight excluding hydrogens is 314 g/mol. The lowest BCUT2D eigenvalue weighted by atomic mass is 9.96. The number of rotatable bonds is 7. The van der Waals surface area contributed by atoms with E-state index in [2.05, 4.69) is 22.9 Å². The molecule has 2 aliphatic rings. The molecule has 2 unspecified atom stereocenters. The zero-order valence-electron chi connectivity index (χ0n) is 15.0. The lowest BCUT2D eigenvalue weighted by Gasteiger charge is -2.21. The molecule has 0 radical (unpaired) electrons. The van der Waals surface area contributed by atoms with Gasteiger partial charge in [0.1, 0.15) is 0 Å². The summed E-state index contributed by atoms with van der Waals surface area (Å²) in [4.78, 5) is 24.4. The van der Waals surface area contributed by atoms with Crippen molar-refractivity contribution in [1.82, 2.24) is 10.6 Å². The van der Waals surface area contributed by atoms with Gasteiger partial charge in [-0.3, -0.25) is 4.79 Å². The third-order valence-corrected chi connectivity index (χ3v) is 5.20. The van der Waals surface area contributed by atoms with E-state index < -0.39 is 0 Å². The number of amides is 3. The van der Waals surface area contributed by atoms with Crippen LogP contribution < -0.4 is 16.0 Å². The Morgan fingerprint density at radius 1 is 1.12 bits per heavy atom. The summed E-state index contributed by atoms with van der Waals surface area (Å²) < 4.78 is 0. The first-order valence-electron chi connectivity index (χ1n) is 9.64. The summed E-state index contributed by atoms with van der Waals surface area (Å²) in [5.74, 6) is 0.564. The molecule has 0 saturated heterocycles. The highest BCUT2D eigenvalue weighted by Crippen LogP contribution is 2.30. The SMILES string of the molecule is CCCCC1CCCC1NC(=O)c1cccc(NC(=O)NC2CC2)c1. The monoisotopic (exact) mass is 343 g/mol. The van der Waals surface area contributed by atoms with E-state index >= 15 is 0 Å². The van der Waals surface area contributed by atoms with Crippen LogP contribution in [0, 0.1) is 5.92 Å². The molecule has 136 valence electrons. The van der Waals surface area contributed by atoms with E-state index in [4.69, 9.17) is 0 Å². The normalized spacial score (nSPS) is 22.4. The van der Waals surface area contributed by atoms with Crippen molar-refractivity contribution in [3.8, 4) is 0 Å². The molecule has 2 fully saturated rings. The molecule has 1 aromatic rings. The molecule has 3 N–H and O–H groups in total. The van der Waals surface area contributed by atoms with E-state index in [1.54, 1.807) is 12.1 Å². The zero-order chi connectivity index (χ0) is 17.6. The van der Waals surface area contributed by atoms with Gasteiger partial charge in [0.15, 0.2) is 0 Å². The second-order valence-corrected chi connectivity index (χ2v) is 7.37. The minimum absolute atomic E-state index is 0.0420. The molecule has 2 atom stereocenters. The fourth-order valence-electron chi connectivity index (χ4n) is 3.61. The number of carbonyl (C=O) groups is 2. The highest BCUT2D eigenvalue weighted by Gasteiger charge is 2.28. The van der Waals surface area contributed by atoms with Gasteiger partial charge in [0.05, 0.1) is 0 Å². The van der Waals surface area contributed by atoms with Crippen LogP contribution in [0.3, 0.4) is 0 Å². The summed E-state index contributed by atoms with van der Waals surface area (Å²) in [6.07, 6.45) is 9.22. The lowest BCUT2D eigenvalue weighted by Crippen LogP contribution is -2.37. The molecule has 2 aliphatic carbocycles. The molecular formula is C20H29N3O2. The topological polar surface area (TPSA) is 70.2 Å². The summed E-state index contributed by atoms with van der Waals surface area (Å²) in [5, 5.41) is 8.90. The number of unbranched alkanes of at least 4 members (excludes halogenated alkanes) is 1. The van der Waals surface area contributed by atoms with Gasteiger partial charge in [0, 0.05) is 23.3 Å². The molecule has 0 bridgehead atoms. The molecule has 0 spiro atoms. The summed E-state index contributed by atoms with van der Waals surface area (Å²) in [6, 6.07) is 7.57. The smallest absolute Gasteiger partial charge is 0.319 e. The van der Waals surface area contributed by atoms with Gasteiger partial charge in [-0.15, -0.1) is 0 Å². The molecule has 3 amide bonds. The predicted octanol–water partition coefficient (Wildman–Crippen LogP) is 4.06. The van der Waals surface area contributed by atoms with Gasteiger partial charge in [-0.25, -0.2) is 4.79 Å². The van der Waals surface area contributed by atoms with Gasteiger partial charge in [-0.1, -0.05) is 32.3 Å². The Kier molecular flexibility index (Phi) is 5.95. The quantitative estimate of drug-likeness (QED) is 0.699. The van der Waals surface area contributed by atoms with Crippen molar-refractivity contribution in [1.29, 1.82) is 0 Å². The van der Waals surface area contributed by atoms with E-state index in [0.29, 0.717) is 23.2 Å². The Labute approximate surface area is 150 Å². The van der Waals surface area contributed by atoms with Crippen molar-refractivity contribution >= 4 is 17.6 Å². The first-order chi connectivity index (χ1) is 12.2. The van der Waals surface area contributed by atoms with Crippen LogP contribution in [-0.2, 0) is 0 Å². The van der Waals surface area contributed by atoms with Gasteiger partial charge in [-0.2, -0.15) is 0 Å². The largest absolute Gasteiger partial charge is 0.349 e. The number of benzene rings is 1. The third kappa shape index (κ3) is 5.21. The second kappa shape index (κ2) is 8.37. The lowest BCUT2D eigenvalue weighted by molar-refractivity contribution is 0.0926. The number of urea groups is 1. The fourth-order valence-corrected chi connectivity index (χ4v) is 3.61. The Bertz CT molecular complexity index is 613. The summed E-state index contributed by atoms with van der Waals surface area (Å²) in [6.45, 7) is 2.21. The van der Waals surface area contributed by atoms with E-state index in [9.17, 15) is 9.59 Å². The second-order valence-electron chi connectivity index (χ2n) is 7.37. The average Bonchev–Trinajstić information content (AvgIpc) is 3.30. The van der Waals surface area contributed by atoms with Crippen molar-refractivity contribution in [2.24, 2.45) is 5.92 Å². The zero-order valence-corrected chi connectivity index (χ0v) is 15.0. The maximum Gasteiger partial charge on any atom is 0.319 e. The van der Waals surface area contributed by atoms with Crippen molar-refractivity contribution in [2.75, 3.05) is 5.32 Å². The van der Waals surface area contributed by atoms with Crippen molar-refractivity contribution < 1.29 is 9.59 Å². The molecule has 2 saturated carbocycles. The van der Waals surface area contributed by atoms with Crippen molar-refractivity contribution in [2.45, 2.75) is 70.4 Å². The molecule has 25 heavy (non-hydrogen) atoms. The van der Waals surface area contributed by atoms with E-state index in [-0.39, 0.29) is 18.0 Å². The Hall–Kier alpha value is -2.04. The first-order valence-corrected chi connectivity index (χ1v) is 9.64. The van der Waals surface area contributed by atoms with Crippen LogP contribution >= 0.6 is 0 Å². The fraction of sp³-hybridized carbons (Fsp3) is 0.600. The predicted molar refractivity (Wildman–Crippen MR) is 99.7 cm³/mol. The maximum absolute atomic E-state index is 12.6. The van der Waals surface area contributed by atoms with Crippen LogP contribution in [0.5, 0.6) is 0 Å². The Morgan fingerprint density at radius 3 is 2.72 bits per heavy atom. The maximum atomic E-state index is 12.6. The molecule has 5 nitrogen and oxygen atoms in total. The highest BCUT2D eigenvalue weighted by atomic mass is 16.2.